The Bertz CT molecular complexity index is 855. The monoisotopic (exact) mass is 407 g/mol. The summed E-state index contributed by atoms with van der Waals surface area (Å²) >= 11 is 12.5. The lowest BCUT2D eigenvalue weighted by Gasteiger charge is -2.40. The Morgan fingerprint density at radius 2 is 1.96 bits per heavy atom. The molecular weight excluding hydrogens is 385 g/mol. The fourth-order valence-corrected chi connectivity index (χ4v) is 3.74. The summed E-state index contributed by atoms with van der Waals surface area (Å²) in [5.74, 6) is 0.625. The van der Waals surface area contributed by atoms with E-state index in [-0.39, 0.29) is 5.91 Å². The van der Waals surface area contributed by atoms with Gasteiger partial charge in [0.1, 0.15) is 5.54 Å². The van der Waals surface area contributed by atoms with E-state index in [9.17, 15) is 4.79 Å². The third-order valence-electron chi connectivity index (χ3n) is 4.61. The van der Waals surface area contributed by atoms with Crippen LogP contribution in [0.5, 0.6) is 0 Å². The Labute approximate surface area is 169 Å². The van der Waals surface area contributed by atoms with Gasteiger partial charge in [0.15, 0.2) is 5.82 Å². The van der Waals surface area contributed by atoms with E-state index >= 15 is 0 Å². The molecule has 0 bridgehead atoms. The fraction of sp³-hybridized carbons (Fsp3) is 0.400. The molecule has 0 fully saturated rings. The first kappa shape index (κ1) is 19.9. The highest BCUT2D eigenvalue weighted by Gasteiger charge is 2.40. The number of fused-ring (bicyclic) bond motifs is 1. The number of carbonyl (C=O) groups excluding carboxylic acids is 1. The number of pyridine rings is 1. The number of halogens is 2. The van der Waals surface area contributed by atoms with Gasteiger partial charge in [-0.15, -0.1) is 0 Å². The molecule has 0 atom stereocenters. The van der Waals surface area contributed by atoms with Gasteiger partial charge in [-0.2, -0.15) is 0 Å². The van der Waals surface area contributed by atoms with Gasteiger partial charge >= 0.3 is 0 Å². The minimum Gasteiger partial charge on any atom is -0.385 e. The van der Waals surface area contributed by atoms with Crippen molar-refractivity contribution in [1.82, 2.24) is 4.98 Å². The Morgan fingerprint density at radius 1 is 1.19 bits per heavy atom. The molecule has 0 saturated heterocycles. The molecule has 0 spiro atoms. The number of amides is 1. The predicted octanol–water partition coefficient (Wildman–Crippen LogP) is 5.02. The summed E-state index contributed by atoms with van der Waals surface area (Å²) in [4.78, 5) is 19.2. The van der Waals surface area contributed by atoms with Gasteiger partial charge in [-0.05, 0) is 44.9 Å². The molecule has 144 valence electrons. The highest BCUT2D eigenvalue weighted by atomic mass is 35.5. The number of carbonyl (C=O) groups is 1. The van der Waals surface area contributed by atoms with Gasteiger partial charge in [-0.1, -0.05) is 29.3 Å². The molecule has 0 aliphatic carbocycles. The smallest absolute Gasteiger partial charge is 0.253 e. The summed E-state index contributed by atoms with van der Waals surface area (Å²) in [5.41, 5.74) is 1.80. The van der Waals surface area contributed by atoms with E-state index in [1.807, 2.05) is 26.0 Å². The van der Waals surface area contributed by atoms with Gasteiger partial charge in [-0.25, -0.2) is 4.98 Å². The van der Waals surface area contributed by atoms with Gasteiger partial charge in [-0.3, -0.25) is 9.69 Å². The standard InChI is InChI=1S/C20H23Cl2N3O2/c1-20(2)19(26)25(10-4-5-11-27-3)18-17(24-20)15(8-9-23-18)14-7-6-13(21)12-16(14)22/h6-9,12,24H,4-5,10-11H2,1-3H3. The zero-order chi connectivity index (χ0) is 19.6. The maximum Gasteiger partial charge on any atom is 0.253 e. The average Bonchev–Trinajstić information content (AvgIpc) is 2.61. The van der Waals surface area contributed by atoms with E-state index in [0.29, 0.717) is 29.0 Å². The molecule has 1 aliphatic rings. The van der Waals surface area contributed by atoms with Gasteiger partial charge in [0, 0.05) is 47.6 Å². The van der Waals surface area contributed by atoms with E-state index in [0.717, 1.165) is 29.7 Å². The van der Waals surface area contributed by atoms with Crippen LogP contribution in [0, 0.1) is 0 Å². The van der Waals surface area contributed by atoms with Crippen molar-refractivity contribution in [1.29, 1.82) is 0 Å². The van der Waals surface area contributed by atoms with E-state index in [1.54, 1.807) is 30.3 Å². The third-order valence-corrected chi connectivity index (χ3v) is 5.15. The number of unbranched alkanes of at least 4 members (excludes halogenated alkanes) is 1. The molecule has 27 heavy (non-hydrogen) atoms. The summed E-state index contributed by atoms with van der Waals surface area (Å²) in [6.07, 6.45) is 3.42. The number of anilines is 2. The molecule has 1 aromatic heterocycles. The average molecular weight is 408 g/mol. The largest absolute Gasteiger partial charge is 0.385 e. The number of ether oxygens (including phenoxy) is 1. The number of benzene rings is 1. The number of methoxy groups -OCH3 is 1. The lowest BCUT2D eigenvalue weighted by molar-refractivity contribution is -0.122. The molecule has 2 aromatic rings. The lowest BCUT2D eigenvalue weighted by Crippen LogP contribution is -2.54. The second kappa shape index (κ2) is 8.05. The topological polar surface area (TPSA) is 54.5 Å². The molecule has 0 unspecified atom stereocenters. The van der Waals surface area contributed by atoms with Crippen LogP contribution < -0.4 is 10.2 Å². The Balaban J connectivity index is 2.04. The molecular formula is C20H23Cl2N3O2. The number of aromatic nitrogens is 1. The molecule has 1 aliphatic heterocycles. The predicted molar refractivity (Wildman–Crippen MR) is 111 cm³/mol. The highest BCUT2D eigenvalue weighted by molar-refractivity contribution is 6.36. The molecule has 3 rings (SSSR count). The van der Waals surface area contributed by atoms with Crippen LogP contribution in [-0.4, -0.2) is 36.7 Å². The number of nitrogens with one attached hydrogen (secondary N) is 1. The number of nitrogens with zero attached hydrogens (tertiary/aromatic N) is 2. The second-order valence-corrected chi connectivity index (χ2v) is 7.93. The van der Waals surface area contributed by atoms with Crippen molar-refractivity contribution in [3.63, 3.8) is 0 Å². The molecule has 0 saturated carbocycles. The minimum atomic E-state index is -0.745. The molecule has 1 aromatic carbocycles. The van der Waals surface area contributed by atoms with E-state index in [4.69, 9.17) is 27.9 Å². The summed E-state index contributed by atoms with van der Waals surface area (Å²) in [6.45, 7) is 5.01. The first-order valence-electron chi connectivity index (χ1n) is 8.88. The molecule has 7 heteroatoms. The zero-order valence-electron chi connectivity index (χ0n) is 15.7. The minimum absolute atomic E-state index is 0.000676. The van der Waals surface area contributed by atoms with Crippen molar-refractivity contribution in [2.75, 3.05) is 30.5 Å². The van der Waals surface area contributed by atoms with Gasteiger partial charge in [0.05, 0.1) is 5.69 Å². The maximum absolute atomic E-state index is 13.0. The van der Waals surface area contributed by atoms with Crippen molar-refractivity contribution in [2.45, 2.75) is 32.2 Å². The van der Waals surface area contributed by atoms with Crippen LogP contribution in [0.2, 0.25) is 10.0 Å². The van der Waals surface area contributed by atoms with Crippen LogP contribution in [0.15, 0.2) is 30.5 Å². The first-order chi connectivity index (χ1) is 12.8. The molecule has 1 amide bonds. The number of hydrogen-bond donors (Lipinski definition) is 1. The van der Waals surface area contributed by atoms with Gasteiger partial charge < -0.3 is 10.1 Å². The number of hydrogen-bond acceptors (Lipinski definition) is 4. The van der Waals surface area contributed by atoms with Crippen molar-refractivity contribution in [3.05, 3.63) is 40.5 Å². The fourth-order valence-electron chi connectivity index (χ4n) is 3.23. The van der Waals surface area contributed by atoms with E-state index in [1.165, 1.54) is 0 Å². The maximum atomic E-state index is 13.0. The van der Waals surface area contributed by atoms with Crippen molar-refractivity contribution in [3.8, 4) is 11.1 Å². The highest BCUT2D eigenvalue weighted by Crippen LogP contribution is 2.43. The first-order valence-corrected chi connectivity index (χ1v) is 9.64. The molecule has 5 nitrogen and oxygen atoms in total. The van der Waals surface area contributed by atoms with Crippen LogP contribution >= 0.6 is 23.2 Å². The Kier molecular flexibility index (Phi) is 5.94. The normalized spacial score (nSPS) is 15.4. The van der Waals surface area contributed by atoms with Crippen LogP contribution in [-0.2, 0) is 9.53 Å². The Hall–Kier alpha value is -1.82. The van der Waals surface area contributed by atoms with Crippen molar-refractivity contribution in [2.24, 2.45) is 0 Å². The summed E-state index contributed by atoms with van der Waals surface area (Å²) < 4.78 is 5.11. The van der Waals surface area contributed by atoms with Crippen LogP contribution in [0.3, 0.4) is 0 Å². The molecule has 1 N–H and O–H groups in total. The van der Waals surface area contributed by atoms with Crippen molar-refractivity contribution < 1.29 is 9.53 Å². The number of rotatable bonds is 6. The summed E-state index contributed by atoms with van der Waals surface area (Å²) in [6, 6.07) is 7.30. The summed E-state index contributed by atoms with van der Waals surface area (Å²) in [7, 11) is 1.68. The second-order valence-electron chi connectivity index (χ2n) is 7.09. The van der Waals surface area contributed by atoms with Crippen LogP contribution in [0.1, 0.15) is 26.7 Å². The molecule has 0 radical (unpaired) electrons. The zero-order valence-corrected chi connectivity index (χ0v) is 17.2. The SMILES string of the molecule is COCCCCN1C(=O)C(C)(C)Nc2c(-c3ccc(Cl)cc3Cl)ccnc21. The van der Waals surface area contributed by atoms with Gasteiger partial charge in [0.2, 0.25) is 0 Å². The summed E-state index contributed by atoms with van der Waals surface area (Å²) in [5, 5.41) is 4.49. The van der Waals surface area contributed by atoms with E-state index < -0.39 is 5.54 Å². The quantitative estimate of drug-likeness (QED) is 0.682. The van der Waals surface area contributed by atoms with E-state index in [2.05, 4.69) is 10.3 Å². The lowest BCUT2D eigenvalue weighted by atomic mass is 9.95. The molecule has 2 heterocycles. The third kappa shape index (κ3) is 4.05. The van der Waals surface area contributed by atoms with Crippen LogP contribution in [0.4, 0.5) is 11.5 Å². The Morgan fingerprint density at radius 3 is 2.67 bits per heavy atom. The van der Waals surface area contributed by atoms with Crippen LogP contribution in [0.25, 0.3) is 11.1 Å². The van der Waals surface area contributed by atoms with Gasteiger partial charge in [0.25, 0.3) is 5.91 Å². The van der Waals surface area contributed by atoms with Crippen molar-refractivity contribution >= 4 is 40.6 Å².